The highest BCUT2D eigenvalue weighted by molar-refractivity contribution is 6.30. The highest BCUT2D eigenvalue weighted by Crippen LogP contribution is 2.11. The first-order chi connectivity index (χ1) is 7.33. The maximum absolute atomic E-state index is 5.85. The molecule has 0 bridgehead atoms. The fraction of sp³-hybridized carbons (Fsp3) is 0.231. The van der Waals surface area contributed by atoms with E-state index in [1.54, 1.807) is 0 Å². The summed E-state index contributed by atoms with van der Waals surface area (Å²) in [5.41, 5.74) is 1.10. The summed E-state index contributed by atoms with van der Waals surface area (Å²) in [4.78, 5) is 0. The Morgan fingerprint density at radius 3 is 2.93 bits per heavy atom. The predicted molar refractivity (Wildman–Crippen MR) is 65.1 cm³/mol. The second-order valence-electron chi connectivity index (χ2n) is 3.10. The molecule has 1 rings (SSSR count). The van der Waals surface area contributed by atoms with Gasteiger partial charge in [0, 0.05) is 5.02 Å². The first kappa shape index (κ1) is 12.0. The lowest BCUT2D eigenvalue weighted by Crippen LogP contribution is -1.92. The summed E-state index contributed by atoms with van der Waals surface area (Å²) in [6, 6.07) is 7.70. The van der Waals surface area contributed by atoms with Crippen molar-refractivity contribution in [2.75, 3.05) is 6.61 Å². The van der Waals surface area contributed by atoms with Gasteiger partial charge in [0.15, 0.2) is 0 Å². The van der Waals surface area contributed by atoms with E-state index in [0.717, 1.165) is 10.6 Å². The Hall–Kier alpha value is -1.05. The van der Waals surface area contributed by atoms with Gasteiger partial charge in [-0.05, 0) is 24.6 Å². The van der Waals surface area contributed by atoms with E-state index in [-0.39, 0.29) is 0 Å². The highest BCUT2D eigenvalue weighted by atomic mass is 35.5. The van der Waals surface area contributed by atoms with Crippen LogP contribution in [0.1, 0.15) is 12.5 Å². The van der Waals surface area contributed by atoms with Crippen molar-refractivity contribution in [2.45, 2.75) is 13.5 Å². The van der Waals surface area contributed by atoms with Crippen molar-refractivity contribution in [3.63, 3.8) is 0 Å². The Balaban J connectivity index is 2.26. The monoisotopic (exact) mass is 222 g/mol. The quantitative estimate of drug-likeness (QED) is 0.541. The number of benzene rings is 1. The Bertz CT molecular complexity index is 342. The molecule has 0 saturated carbocycles. The molecule has 15 heavy (non-hydrogen) atoms. The molecule has 0 aliphatic rings. The zero-order chi connectivity index (χ0) is 10.9. The van der Waals surface area contributed by atoms with Crippen LogP contribution < -0.4 is 0 Å². The Morgan fingerprint density at radius 2 is 2.20 bits per heavy atom. The maximum Gasteiger partial charge on any atom is 0.0721 e. The largest absolute Gasteiger partial charge is 0.373 e. The fourth-order valence-electron chi connectivity index (χ4n) is 1.12. The Morgan fingerprint density at radius 1 is 1.33 bits per heavy atom. The minimum atomic E-state index is 0.598. The fourth-order valence-corrected chi connectivity index (χ4v) is 1.33. The van der Waals surface area contributed by atoms with Gasteiger partial charge in [0.1, 0.15) is 0 Å². The van der Waals surface area contributed by atoms with Gasteiger partial charge in [0.05, 0.1) is 13.2 Å². The second kappa shape index (κ2) is 7.27. The van der Waals surface area contributed by atoms with Gasteiger partial charge in [-0.3, -0.25) is 0 Å². The van der Waals surface area contributed by atoms with Crippen molar-refractivity contribution in [1.82, 2.24) is 0 Å². The van der Waals surface area contributed by atoms with Crippen molar-refractivity contribution >= 4 is 11.6 Å². The standard InChI is InChI=1S/C13H15ClO/c1-2-3-4-5-9-15-11-12-7-6-8-13(14)10-12/h2-8,10H,9,11H2,1H3/b3-2-,5-4-. The molecular formula is C13H15ClO. The molecule has 0 unspecified atom stereocenters. The third-order valence-corrected chi connectivity index (χ3v) is 2.05. The number of halogens is 1. The third-order valence-electron chi connectivity index (χ3n) is 1.81. The van der Waals surface area contributed by atoms with Crippen LogP contribution in [0.3, 0.4) is 0 Å². The molecule has 0 aromatic heterocycles. The van der Waals surface area contributed by atoms with Gasteiger partial charge < -0.3 is 4.74 Å². The lowest BCUT2D eigenvalue weighted by Gasteiger charge is -2.01. The van der Waals surface area contributed by atoms with Crippen molar-refractivity contribution in [2.24, 2.45) is 0 Å². The molecule has 0 radical (unpaired) electrons. The van der Waals surface area contributed by atoms with E-state index >= 15 is 0 Å². The summed E-state index contributed by atoms with van der Waals surface area (Å²) >= 11 is 5.85. The van der Waals surface area contributed by atoms with Crippen LogP contribution in [0.25, 0.3) is 0 Å². The summed E-state index contributed by atoms with van der Waals surface area (Å²) in [5, 5.41) is 0.751. The minimum absolute atomic E-state index is 0.598. The molecule has 0 N–H and O–H groups in total. The lowest BCUT2D eigenvalue weighted by atomic mass is 10.2. The van der Waals surface area contributed by atoms with Gasteiger partial charge >= 0.3 is 0 Å². The van der Waals surface area contributed by atoms with Crippen LogP contribution >= 0.6 is 11.6 Å². The Kier molecular flexibility index (Phi) is 5.83. The van der Waals surface area contributed by atoms with Crippen LogP contribution in [0, 0.1) is 0 Å². The predicted octanol–water partition coefficient (Wildman–Crippen LogP) is 3.99. The minimum Gasteiger partial charge on any atom is -0.373 e. The molecule has 0 saturated heterocycles. The molecule has 0 spiro atoms. The number of allylic oxidation sites excluding steroid dienone is 3. The van der Waals surface area contributed by atoms with Crippen molar-refractivity contribution in [1.29, 1.82) is 0 Å². The zero-order valence-electron chi connectivity index (χ0n) is 8.82. The molecular weight excluding hydrogens is 208 g/mol. The van der Waals surface area contributed by atoms with E-state index in [9.17, 15) is 0 Å². The molecule has 0 aliphatic carbocycles. The summed E-state index contributed by atoms with van der Waals surface area (Å²) in [7, 11) is 0. The van der Waals surface area contributed by atoms with Gasteiger partial charge in [-0.1, -0.05) is 48.0 Å². The molecule has 1 aromatic carbocycles. The van der Waals surface area contributed by atoms with E-state index in [4.69, 9.17) is 16.3 Å². The van der Waals surface area contributed by atoms with Crippen molar-refractivity contribution < 1.29 is 4.74 Å². The second-order valence-corrected chi connectivity index (χ2v) is 3.54. The molecule has 0 aliphatic heterocycles. The smallest absolute Gasteiger partial charge is 0.0721 e. The number of hydrogen-bond acceptors (Lipinski definition) is 1. The van der Waals surface area contributed by atoms with Gasteiger partial charge in [-0.2, -0.15) is 0 Å². The molecule has 0 fully saturated rings. The molecule has 0 amide bonds. The summed E-state index contributed by atoms with van der Waals surface area (Å²) in [5.74, 6) is 0. The van der Waals surface area contributed by atoms with Gasteiger partial charge in [-0.25, -0.2) is 0 Å². The molecule has 0 heterocycles. The van der Waals surface area contributed by atoms with E-state index in [0.29, 0.717) is 13.2 Å². The lowest BCUT2D eigenvalue weighted by molar-refractivity contribution is 0.148. The SMILES string of the molecule is C/C=C\C=C/COCc1cccc(Cl)c1. The van der Waals surface area contributed by atoms with E-state index < -0.39 is 0 Å². The molecule has 1 aromatic rings. The Labute approximate surface area is 96.0 Å². The summed E-state index contributed by atoms with van der Waals surface area (Å²) in [6.45, 7) is 3.20. The number of hydrogen-bond donors (Lipinski definition) is 0. The van der Waals surface area contributed by atoms with Crippen molar-refractivity contribution in [3.8, 4) is 0 Å². The normalized spacial score (nSPS) is 11.6. The molecule has 0 atom stereocenters. The van der Waals surface area contributed by atoms with Gasteiger partial charge in [0.2, 0.25) is 0 Å². The molecule has 80 valence electrons. The van der Waals surface area contributed by atoms with E-state index in [1.807, 2.05) is 55.5 Å². The van der Waals surface area contributed by atoms with Crippen LogP contribution in [0.15, 0.2) is 48.6 Å². The number of ether oxygens (including phenoxy) is 1. The van der Waals surface area contributed by atoms with Crippen LogP contribution in [-0.4, -0.2) is 6.61 Å². The molecule has 2 heteroatoms. The summed E-state index contributed by atoms with van der Waals surface area (Å²) in [6.07, 6.45) is 7.90. The summed E-state index contributed by atoms with van der Waals surface area (Å²) < 4.78 is 5.44. The zero-order valence-corrected chi connectivity index (χ0v) is 9.58. The van der Waals surface area contributed by atoms with Crippen LogP contribution in [0.5, 0.6) is 0 Å². The topological polar surface area (TPSA) is 9.23 Å². The van der Waals surface area contributed by atoms with E-state index in [2.05, 4.69) is 0 Å². The van der Waals surface area contributed by atoms with Gasteiger partial charge in [0.25, 0.3) is 0 Å². The first-order valence-corrected chi connectivity index (χ1v) is 5.30. The average molecular weight is 223 g/mol. The third kappa shape index (κ3) is 5.40. The first-order valence-electron chi connectivity index (χ1n) is 4.93. The molecule has 1 nitrogen and oxygen atoms in total. The number of rotatable bonds is 5. The van der Waals surface area contributed by atoms with Crippen LogP contribution in [0.2, 0.25) is 5.02 Å². The maximum atomic E-state index is 5.85. The highest BCUT2D eigenvalue weighted by Gasteiger charge is 1.92. The van der Waals surface area contributed by atoms with Gasteiger partial charge in [-0.15, -0.1) is 0 Å². The van der Waals surface area contributed by atoms with E-state index in [1.165, 1.54) is 0 Å². The van der Waals surface area contributed by atoms with Crippen LogP contribution in [-0.2, 0) is 11.3 Å². The average Bonchev–Trinajstić information content (AvgIpc) is 2.23. The van der Waals surface area contributed by atoms with Crippen molar-refractivity contribution in [3.05, 3.63) is 59.2 Å². The van der Waals surface area contributed by atoms with Crippen LogP contribution in [0.4, 0.5) is 0 Å².